The van der Waals surface area contributed by atoms with Crippen molar-refractivity contribution in [3.63, 3.8) is 0 Å². The van der Waals surface area contributed by atoms with E-state index in [1.165, 1.54) is 10.0 Å². The fraction of sp³-hybridized carbons (Fsp3) is 0.625. The molecular formula is C16H24BrNO2. The molecular weight excluding hydrogens is 318 g/mol. The Kier molecular flexibility index (Phi) is 6.49. The number of ether oxygens (including phenoxy) is 2. The molecule has 2 rings (SSSR count). The van der Waals surface area contributed by atoms with E-state index in [1.807, 2.05) is 0 Å². The molecule has 3 nitrogen and oxygen atoms in total. The maximum atomic E-state index is 5.56. The normalized spacial score (nSPS) is 18.1. The van der Waals surface area contributed by atoms with Gasteiger partial charge in [0.25, 0.3) is 0 Å². The lowest BCUT2D eigenvalue weighted by molar-refractivity contribution is 0.0142. The van der Waals surface area contributed by atoms with Crippen LogP contribution < -0.4 is 5.32 Å². The van der Waals surface area contributed by atoms with E-state index in [-0.39, 0.29) is 0 Å². The summed E-state index contributed by atoms with van der Waals surface area (Å²) in [6.07, 6.45) is 3.33. The number of benzene rings is 1. The van der Waals surface area contributed by atoms with Gasteiger partial charge < -0.3 is 14.8 Å². The highest BCUT2D eigenvalue weighted by Crippen LogP contribution is 2.35. The predicted octanol–water partition coefficient (Wildman–Crippen LogP) is 3.02. The maximum Gasteiger partial charge on any atom is 0.0587 e. The molecule has 0 aliphatic carbocycles. The van der Waals surface area contributed by atoms with Gasteiger partial charge in [0.05, 0.1) is 6.61 Å². The van der Waals surface area contributed by atoms with Gasteiger partial charge in [-0.05, 0) is 36.3 Å². The van der Waals surface area contributed by atoms with E-state index in [1.54, 1.807) is 7.11 Å². The average molecular weight is 342 g/mol. The zero-order chi connectivity index (χ0) is 14.3. The highest BCUT2D eigenvalue weighted by atomic mass is 79.9. The van der Waals surface area contributed by atoms with Crippen LogP contribution in [0.15, 0.2) is 28.7 Å². The smallest absolute Gasteiger partial charge is 0.0587 e. The van der Waals surface area contributed by atoms with Crippen LogP contribution in [-0.2, 0) is 15.9 Å². The molecule has 1 fully saturated rings. The van der Waals surface area contributed by atoms with Crippen molar-refractivity contribution >= 4 is 15.9 Å². The topological polar surface area (TPSA) is 30.5 Å². The van der Waals surface area contributed by atoms with Crippen LogP contribution in [0, 0.1) is 5.41 Å². The van der Waals surface area contributed by atoms with Crippen LogP contribution in [0.1, 0.15) is 18.4 Å². The lowest BCUT2D eigenvalue weighted by Crippen LogP contribution is -2.41. The van der Waals surface area contributed by atoms with Gasteiger partial charge in [0.1, 0.15) is 0 Å². The minimum Gasteiger partial charge on any atom is -0.383 e. The Morgan fingerprint density at radius 1 is 1.30 bits per heavy atom. The second-order valence-electron chi connectivity index (χ2n) is 5.55. The van der Waals surface area contributed by atoms with E-state index in [0.29, 0.717) is 5.41 Å². The third-order valence-electron chi connectivity index (χ3n) is 4.06. The van der Waals surface area contributed by atoms with Gasteiger partial charge in [0.15, 0.2) is 0 Å². The minimum absolute atomic E-state index is 0.301. The van der Waals surface area contributed by atoms with Crippen molar-refractivity contribution in [3.05, 3.63) is 34.3 Å². The highest BCUT2D eigenvalue weighted by molar-refractivity contribution is 9.10. The quantitative estimate of drug-likeness (QED) is 0.773. The largest absolute Gasteiger partial charge is 0.383 e. The molecule has 0 radical (unpaired) electrons. The summed E-state index contributed by atoms with van der Waals surface area (Å²) in [6.45, 7) is 4.45. The van der Waals surface area contributed by atoms with Gasteiger partial charge in [-0.15, -0.1) is 0 Å². The fourth-order valence-corrected chi connectivity index (χ4v) is 3.22. The summed E-state index contributed by atoms with van der Waals surface area (Å²) in [6, 6.07) is 8.53. The molecule has 0 spiro atoms. The first kappa shape index (κ1) is 16.0. The van der Waals surface area contributed by atoms with Crippen molar-refractivity contribution in [3.8, 4) is 0 Å². The second-order valence-corrected chi connectivity index (χ2v) is 6.40. The Labute approximate surface area is 130 Å². The molecule has 1 saturated heterocycles. The molecule has 1 aliphatic rings. The second kappa shape index (κ2) is 8.13. The first-order valence-electron chi connectivity index (χ1n) is 7.27. The van der Waals surface area contributed by atoms with Crippen LogP contribution >= 0.6 is 15.9 Å². The van der Waals surface area contributed by atoms with Gasteiger partial charge in [0.2, 0.25) is 0 Å². The Balaban J connectivity index is 2.01. The number of hydrogen-bond donors (Lipinski definition) is 1. The summed E-state index contributed by atoms with van der Waals surface area (Å²) in [5.74, 6) is 0. The molecule has 0 unspecified atom stereocenters. The molecule has 1 aromatic carbocycles. The molecule has 1 aromatic rings. The number of methoxy groups -OCH3 is 1. The summed E-state index contributed by atoms with van der Waals surface area (Å²) < 4.78 is 11.9. The first-order valence-corrected chi connectivity index (χ1v) is 8.06. The molecule has 0 saturated carbocycles. The van der Waals surface area contributed by atoms with Crippen molar-refractivity contribution in [2.75, 3.05) is 40.0 Å². The van der Waals surface area contributed by atoms with Gasteiger partial charge in [-0.3, -0.25) is 0 Å². The number of rotatable bonds is 7. The van der Waals surface area contributed by atoms with Gasteiger partial charge >= 0.3 is 0 Å². The average Bonchev–Trinajstić information content (AvgIpc) is 2.47. The number of nitrogens with one attached hydrogen (secondary N) is 1. The molecule has 4 heteroatoms. The van der Waals surface area contributed by atoms with Crippen LogP contribution in [0.3, 0.4) is 0 Å². The van der Waals surface area contributed by atoms with Crippen molar-refractivity contribution in [1.82, 2.24) is 5.32 Å². The Morgan fingerprint density at radius 3 is 2.75 bits per heavy atom. The van der Waals surface area contributed by atoms with Gasteiger partial charge in [-0.1, -0.05) is 34.1 Å². The van der Waals surface area contributed by atoms with Gasteiger partial charge in [-0.25, -0.2) is 0 Å². The molecule has 20 heavy (non-hydrogen) atoms. The zero-order valence-electron chi connectivity index (χ0n) is 12.2. The standard InChI is InChI=1S/C16H24BrNO2/c1-19-11-8-18-13-16(6-9-20-10-7-16)12-14-4-2-3-5-15(14)17/h2-5,18H,6-13H2,1H3. The van der Waals surface area contributed by atoms with Crippen LogP contribution in [0.25, 0.3) is 0 Å². The van der Waals surface area contributed by atoms with E-state index in [9.17, 15) is 0 Å². The predicted molar refractivity (Wildman–Crippen MR) is 85.1 cm³/mol. The highest BCUT2D eigenvalue weighted by Gasteiger charge is 2.32. The van der Waals surface area contributed by atoms with Gasteiger partial charge in [-0.2, -0.15) is 0 Å². The summed E-state index contributed by atoms with van der Waals surface area (Å²) in [7, 11) is 1.74. The molecule has 112 valence electrons. The summed E-state index contributed by atoms with van der Waals surface area (Å²) in [5, 5.41) is 3.54. The van der Waals surface area contributed by atoms with Crippen LogP contribution in [0.2, 0.25) is 0 Å². The van der Waals surface area contributed by atoms with Gasteiger partial charge in [0, 0.05) is 37.9 Å². The van der Waals surface area contributed by atoms with E-state index in [2.05, 4.69) is 45.5 Å². The van der Waals surface area contributed by atoms with Crippen LogP contribution in [0.5, 0.6) is 0 Å². The molecule has 0 amide bonds. The van der Waals surface area contributed by atoms with E-state index in [0.717, 1.165) is 52.2 Å². The maximum absolute atomic E-state index is 5.56. The summed E-state index contributed by atoms with van der Waals surface area (Å²) in [4.78, 5) is 0. The Bertz CT molecular complexity index is 405. The lowest BCUT2D eigenvalue weighted by atomic mass is 9.75. The molecule has 1 heterocycles. The SMILES string of the molecule is COCCNCC1(Cc2ccccc2Br)CCOCC1. The van der Waals surface area contributed by atoms with Crippen molar-refractivity contribution in [2.24, 2.45) is 5.41 Å². The number of hydrogen-bond acceptors (Lipinski definition) is 3. The third kappa shape index (κ3) is 4.55. The Morgan fingerprint density at radius 2 is 2.05 bits per heavy atom. The van der Waals surface area contributed by atoms with Crippen molar-refractivity contribution < 1.29 is 9.47 Å². The number of halogens is 1. The van der Waals surface area contributed by atoms with E-state index < -0.39 is 0 Å². The summed E-state index contributed by atoms with van der Waals surface area (Å²) in [5.41, 5.74) is 1.69. The minimum atomic E-state index is 0.301. The molecule has 1 N–H and O–H groups in total. The fourth-order valence-electron chi connectivity index (χ4n) is 2.79. The molecule has 0 aromatic heterocycles. The van der Waals surface area contributed by atoms with Crippen molar-refractivity contribution in [2.45, 2.75) is 19.3 Å². The lowest BCUT2D eigenvalue weighted by Gasteiger charge is -2.38. The van der Waals surface area contributed by atoms with E-state index in [4.69, 9.17) is 9.47 Å². The first-order chi connectivity index (χ1) is 9.76. The van der Waals surface area contributed by atoms with Crippen LogP contribution in [-0.4, -0.2) is 40.0 Å². The summed E-state index contributed by atoms with van der Waals surface area (Å²) >= 11 is 3.67. The third-order valence-corrected chi connectivity index (χ3v) is 4.83. The van der Waals surface area contributed by atoms with Crippen molar-refractivity contribution in [1.29, 1.82) is 0 Å². The molecule has 0 atom stereocenters. The van der Waals surface area contributed by atoms with Crippen LogP contribution in [0.4, 0.5) is 0 Å². The molecule has 1 aliphatic heterocycles. The zero-order valence-corrected chi connectivity index (χ0v) is 13.7. The molecule has 0 bridgehead atoms. The van der Waals surface area contributed by atoms with E-state index >= 15 is 0 Å². The Hall–Kier alpha value is -0.420. The monoisotopic (exact) mass is 341 g/mol.